The van der Waals surface area contributed by atoms with Crippen molar-refractivity contribution >= 4 is 0 Å². The van der Waals surface area contributed by atoms with Gasteiger partial charge in [0.15, 0.2) is 0 Å². The number of aromatic nitrogens is 2. The fourth-order valence-corrected chi connectivity index (χ4v) is 1.75. The number of nitrogens with zero attached hydrogens (tertiary/aromatic N) is 1. The van der Waals surface area contributed by atoms with E-state index in [0.29, 0.717) is 0 Å². The van der Waals surface area contributed by atoms with Crippen molar-refractivity contribution in [2.24, 2.45) is 0 Å². The van der Waals surface area contributed by atoms with Gasteiger partial charge in [0.25, 0.3) is 5.82 Å². The van der Waals surface area contributed by atoms with Crippen molar-refractivity contribution in [1.29, 1.82) is 0 Å². The molecule has 0 saturated heterocycles. The third-order valence-corrected chi connectivity index (χ3v) is 2.73. The molecule has 1 aromatic rings. The zero-order valence-corrected chi connectivity index (χ0v) is 9.55. The van der Waals surface area contributed by atoms with Gasteiger partial charge in [0.2, 0.25) is 0 Å². The molecule has 0 spiro atoms. The van der Waals surface area contributed by atoms with Crippen LogP contribution in [0.1, 0.15) is 51.3 Å². The zero-order chi connectivity index (χ0) is 10.2. The van der Waals surface area contributed by atoms with E-state index >= 15 is 0 Å². The number of unbranched alkanes of at least 4 members (excludes halogenated alkanes) is 5. The van der Waals surface area contributed by atoms with Crippen molar-refractivity contribution in [3.63, 3.8) is 0 Å². The lowest BCUT2D eigenvalue weighted by atomic mass is 10.1. The molecule has 2 heteroatoms. The van der Waals surface area contributed by atoms with Crippen molar-refractivity contribution in [2.75, 3.05) is 0 Å². The van der Waals surface area contributed by atoms with E-state index < -0.39 is 0 Å². The monoisotopic (exact) mass is 195 g/mol. The smallest absolute Gasteiger partial charge is 0.248 e. The van der Waals surface area contributed by atoms with Gasteiger partial charge in [-0.3, -0.25) is 0 Å². The molecule has 0 fully saturated rings. The molecule has 0 unspecified atom stereocenters. The Labute approximate surface area is 87.4 Å². The molecule has 1 heterocycles. The fraction of sp³-hybridized carbons (Fsp3) is 0.750. The molecule has 0 aliphatic heterocycles. The first-order chi connectivity index (χ1) is 6.84. The van der Waals surface area contributed by atoms with Crippen LogP contribution < -0.4 is 4.57 Å². The highest BCUT2D eigenvalue weighted by molar-refractivity contribution is 4.70. The predicted octanol–water partition coefficient (Wildman–Crippen LogP) is 2.97. The van der Waals surface area contributed by atoms with Crippen LogP contribution in [0.15, 0.2) is 12.4 Å². The first-order valence-corrected chi connectivity index (χ1v) is 5.88. The third-order valence-electron chi connectivity index (χ3n) is 2.73. The number of H-pyrrole nitrogens is 1. The maximum Gasteiger partial charge on any atom is 0.251 e. The highest BCUT2D eigenvalue weighted by Crippen LogP contribution is 2.04. The second-order valence-corrected chi connectivity index (χ2v) is 4.01. The van der Waals surface area contributed by atoms with Crippen molar-refractivity contribution < 1.29 is 4.57 Å². The van der Waals surface area contributed by atoms with Gasteiger partial charge in [0, 0.05) is 6.92 Å². The van der Waals surface area contributed by atoms with E-state index in [1.807, 2.05) is 6.20 Å². The molecule has 0 aliphatic rings. The standard InChI is InChI=1S/C12H22N2/c1-3-4-5-6-7-8-10-14-11-9-13-12(14)2/h9,11H,3-8,10H2,1-2H3/p+1. The normalized spacial score (nSPS) is 10.7. The van der Waals surface area contributed by atoms with Crippen LogP contribution in [-0.4, -0.2) is 4.98 Å². The van der Waals surface area contributed by atoms with Gasteiger partial charge >= 0.3 is 0 Å². The quantitative estimate of drug-likeness (QED) is 0.510. The summed E-state index contributed by atoms with van der Waals surface area (Å²) in [7, 11) is 0. The summed E-state index contributed by atoms with van der Waals surface area (Å²) in [6.45, 7) is 5.55. The van der Waals surface area contributed by atoms with Crippen LogP contribution in [0.5, 0.6) is 0 Å². The highest BCUT2D eigenvalue weighted by atomic mass is 15.0. The maximum atomic E-state index is 3.19. The van der Waals surface area contributed by atoms with Crippen LogP contribution in [-0.2, 0) is 6.54 Å². The first-order valence-electron chi connectivity index (χ1n) is 5.88. The molecule has 0 bridgehead atoms. The van der Waals surface area contributed by atoms with Gasteiger partial charge in [0.1, 0.15) is 12.4 Å². The lowest BCUT2D eigenvalue weighted by molar-refractivity contribution is -0.702. The molecule has 0 atom stereocenters. The first kappa shape index (κ1) is 11.3. The Morgan fingerprint density at radius 1 is 1.14 bits per heavy atom. The number of rotatable bonds is 7. The molecular weight excluding hydrogens is 172 g/mol. The summed E-state index contributed by atoms with van der Waals surface area (Å²) in [6.07, 6.45) is 12.4. The lowest BCUT2D eigenvalue weighted by Gasteiger charge is -1.99. The molecular formula is C12H23N2+. The van der Waals surface area contributed by atoms with E-state index in [4.69, 9.17) is 0 Å². The van der Waals surface area contributed by atoms with Gasteiger partial charge in [0.05, 0.1) is 6.54 Å². The largest absolute Gasteiger partial charge is 0.251 e. The topological polar surface area (TPSA) is 19.7 Å². The van der Waals surface area contributed by atoms with Crippen LogP contribution in [0.4, 0.5) is 0 Å². The Kier molecular flexibility index (Phi) is 5.35. The van der Waals surface area contributed by atoms with Crippen LogP contribution in [0.3, 0.4) is 0 Å². The molecule has 0 radical (unpaired) electrons. The van der Waals surface area contributed by atoms with Gasteiger partial charge < -0.3 is 0 Å². The summed E-state index contributed by atoms with van der Waals surface area (Å²) < 4.78 is 2.29. The highest BCUT2D eigenvalue weighted by Gasteiger charge is 2.02. The minimum Gasteiger partial charge on any atom is -0.248 e. The number of hydrogen-bond donors (Lipinski definition) is 1. The molecule has 80 valence electrons. The summed E-state index contributed by atoms with van der Waals surface area (Å²) in [5, 5.41) is 0. The fourth-order valence-electron chi connectivity index (χ4n) is 1.75. The number of aryl methyl sites for hydroxylation is 2. The van der Waals surface area contributed by atoms with Crippen LogP contribution in [0, 0.1) is 6.92 Å². The van der Waals surface area contributed by atoms with Crippen LogP contribution >= 0.6 is 0 Å². The molecule has 1 aromatic heterocycles. The number of nitrogens with one attached hydrogen (secondary N) is 1. The Morgan fingerprint density at radius 3 is 2.50 bits per heavy atom. The van der Waals surface area contributed by atoms with Crippen molar-refractivity contribution in [2.45, 2.75) is 58.9 Å². The summed E-state index contributed by atoms with van der Waals surface area (Å²) in [5.74, 6) is 1.26. The molecule has 0 saturated carbocycles. The summed E-state index contributed by atoms with van der Waals surface area (Å²) in [4.78, 5) is 3.19. The molecule has 0 amide bonds. The summed E-state index contributed by atoms with van der Waals surface area (Å²) in [6, 6.07) is 0. The van der Waals surface area contributed by atoms with E-state index in [-0.39, 0.29) is 0 Å². The minimum atomic E-state index is 1.17. The average Bonchev–Trinajstić information content (AvgIpc) is 2.58. The van der Waals surface area contributed by atoms with Crippen LogP contribution in [0.25, 0.3) is 0 Å². The minimum absolute atomic E-state index is 1.17. The van der Waals surface area contributed by atoms with Crippen LogP contribution in [0.2, 0.25) is 0 Å². The molecule has 1 N–H and O–H groups in total. The SMILES string of the molecule is CCCCCCCC[n+]1cc[nH]c1C. The van der Waals surface area contributed by atoms with Gasteiger partial charge in [-0.25, -0.2) is 9.55 Å². The molecule has 2 nitrogen and oxygen atoms in total. The van der Waals surface area contributed by atoms with Gasteiger partial charge in [-0.15, -0.1) is 0 Å². The molecule has 0 aliphatic carbocycles. The van der Waals surface area contributed by atoms with Crippen molar-refractivity contribution in [3.05, 3.63) is 18.2 Å². The molecule has 0 aromatic carbocycles. The molecule has 14 heavy (non-hydrogen) atoms. The Bertz CT molecular complexity index is 240. The predicted molar refractivity (Wildman–Crippen MR) is 59.1 cm³/mol. The molecule has 1 rings (SSSR count). The van der Waals surface area contributed by atoms with Gasteiger partial charge in [-0.05, 0) is 12.8 Å². The Balaban J connectivity index is 2.02. The van der Waals surface area contributed by atoms with Crippen molar-refractivity contribution in [1.82, 2.24) is 4.98 Å². The van der Waals surface area contributed by atoms with E-state index in [2.05, 4.69) is 29.6 Å². The van der Waals surface area contributed by atoms with E-state index in [1.165, 1.54) is 50.9 Å². The number of aromatic amines is 1. The Hall–Kier alpha value is -0.790. The zero-order valence-electron chi connectivity index (χ0n) is 9.55. The van der Waals surface area contributed by atoms with Gasteiger partial charge in [-0.2, -0.15) is 0 Å². The van der Waals surface area contributed by atoms with E-state index in [0.717, 1.165) is 0 Å². The summed E-state index contributed by atoms with van der Waals surface area (Å²) in [5.41, 5.74) is 0. The lowest BCUT2D eigenvalue weighted by Crippen LogP contribution is -2.34. The summed E-state index contributed by atoms with van der Waals surface area (Å²) >= 11 is 0. The van der Waals surface area contributed by atoms with E-state index in [1.54, 1.807) is 0 Å². The van der Waals surface area contributed by atoms with E-state index in [9.17, 15) is 0 Å². The second kappa shape index (κ2) is 6.63. The van der Waals surface area contributed by atoms with Crippen molar-refractivity contribution in [3.8, 4) is 0 Å². The third kappa shape index (κ3) is 3.95. The number of hydrogen-bond acceptors (Lipinski definition) is 0. The number of imidazole rings is 1. The second-order valence-electron chi connectivity index (χ2n) is 4.01. The maximum absolute atomic E-state index is 3.19. The Morgan fingerprint density at radius 2 is 1.86 bits per heavy atom. The van der Waals surface area contributed by atoms with Gasteiger partial charge in [-0.1, -0.05) is 32.6 Å². The average molecular weight is 195 g/mol.